The molecule has 18 heavy (non-hydrogen) atoms. The second-order valence-electron chi connectivity index (χ2n) is 4.28. The molecule has 0 spiro atoms. The molecule has 0 aromatic heterocycles. The number of hydrogen-bond acceptors (Lipinski definition) is 4. The summed E-state index contributed by atoms with van der Waals surface area (Å²) in [5, 5.41) is 0. The highest BCUT2D eigenvalue weighted by Crippen LogP contribution is 2.34. The third-order valence-electron chi connectivity index (χ3n) is 2.69. The lowest BCUT2D eigenvalue weighted by Gasteiger charge is -2.22. The quantitative estimate of drug-likeness (QED) is 0.836. The van der Waals surface area contributed by atoms with Crippen molar-refractivity contribution < 1.29 is 18.3 Å². The van der Waals surface area contributed by atoms with E-state index in [0.717, 1.165) is 5.56 Å². The molecule has 0 bridgehead atoms. The van der Waals surface area contributed by atoms with Crippen LogP contribution in [0.1, 0.15) is 5.56 Å². The van der Waals surface area contributed by atoms with E-state index < -0.39 is 6.43 Å². The van der Waals surface area contributed by atoms with Gasteiger partial charge in [-0.25, -0.2) is 8.78 Å². The monoisotopic (exact) mass is 258 g/mol. The van der Waals surface area contributed by atoms with Gasteiger partial charge in [0.1, 0.15) is 13.2 Å². The van der Waals surface area contributed by atoms with Gasteiger partial charge in [0.25, 0.3) is 6.43 Å². The van der Waals surface area contributed by atoms with Crippen LogP contribution >= 0.6 is 0 Å². The first-order valence-electron chi connectivity index (χ1n) is 5.71. The topological polar surface area (TPSA) is 47.7 Å². The van der Waals surface area contributed by atoms with Crippen molar-refractivity contribution in [3.8, 4) is 11.5 Å². The number of halogens is 2. The number of nitrogen functional groups attached to an aromatic ring is 1. The van der Waals surface area contributed by atoms with E-state index in [0.29, 0.717) is 36.9 Å². The Labute approximate surface area is 104 Å². The summed E-state index contributed by atoms with van der Waals surface area (Å²) in [4.78, 5) is 1.52. The van der Waals surface area contributed by atoms with Crippen molar-refractivity contribution in [3.05, 3.63) is 17.7 Å². The van der Waals surface area contributed by atoms with Crippen LogP contribution in [-0.4, -0.2) is 38.1 Å². The van der Waals surface area contributed by atoms with E-state index in [1.807, 2.05) is 0 Å². The van der Waals surface area contributed by atoms with Crippen LogP contribution in [0.2, 0.25) is 0 Å². The Bertz CT molecular complexity index is 427. The van der Waals surface area contributed by atoms with Crippen molar-refractivity contribution >= 4 is 5.69 Å². The van der Waals surface area contributed by atoms with Crippen molar-refractivity contribution in [2.75, 3.05) is 32.5 Å². The Balaban J connectivity index is 2.13. The molecule has 1 heterocycles. The van der Waals surface area contributed by atoms with Crippen LogP contribution < -0.4 is 15.2 Å². The summed E-state index contributed by atoms with van der Waals surface area (Å²) in [6, 6.07) is 3.44. The second kappa shape index (κ2) is 5.39. The molecule has 0 aliphatic carbocycles. The van der Waals surface area contributed by atoms with Crippen LogP contribution in [0.4, 0.5) is 14.5 Å². The molecule has 1 aliphatic heterocycles. The Morgan fingerprint density at radius 3 is 2.50 bits per heavy atom. The molecule has 2 N–H and O–H groups in total. The van der Waals surface area contributed by atoms with Gasteiger partial charge in [0, 0.05) is 18.3 Å². The summed E-state index contributed by atoms with van der Waals surface area (Å²) in [5.74, 6) is 1.23. The Kier molecular flexibility index (Phi) is 3.86. The van der Waals surface area contributed by atoms with Crippen LogP contribution in [0.25, 0.3) is 0 Å². The normalized spacial score (nSPS) is 14.3. The van der Waals surface area contributed by atoms with E-state index in [2.05, 4.69) is 0 Å². The number of alkyl halides is 2. The first-order chi connectivity index (χ1) is 8.56. The average molecular weight is 258 g/mol. The Morgan fingerprint density at radius 2 is 1.89 bits per heavy atom. The third-order valence-corrected chi connectivity index (χ3v) is 2.69. The van der Waals surface area contributed by atoms with Crippen LogP contribution in [0, 0.1) is 0 Å². The number of ether oxygens (including phenoxy) is 2. The maximum Gasteiger partial charge on any atom is 0.251 e. The minimum Gasteiger partial charge on any atom is -0.486 e. The molecule has 1 aromatic carbocycles. The molecule has 0 atom stereocenters. The van der Waals surface area contributed by atoms with Gasteiger partial charge in [-0.05, 0) is 18.7 Å². The lowest BCUT2D eigenvalue weighted by Crippen LogP contribution is -2.25. The molecule has 0 amide bonds. The van der Waals surface area contributed by atoms with E-state index in [1.54, 1.807) is 19.2 Å². The standard InChI is InChI=1S/C12H16F2N2O2/c1-16(7-12(13)14)6-8-4-10-11(5-9(8)15)18-3-2-17-10/h4-5,12H,2-3,6-7,15H2,1H3. The molecule has 100 valence electrons. The molecule has 6 heteroatoms. The van der Waals surface area contributed by atoms with Gasteiger partial charge in [-0.3, -0.25) is 4.90 Å². The van der Waals surface area contributed by atoms with E-state index >= 15 is 0 Å². The van der Waals surface area contributed by atoms with Crippen LogP contribution in [-0.2, 0) is 6.54 Å². The molecular formula is C12H16F2N2O2. The number of nitrogens with zero attached hydrogens (tertiary/aromatic N) is 1. The fourth-order valence-corrected chi connectivity index (χ4v) is 1.87. The minimum absolute atomic E-state index is 0.284. The van der Waals surface area contributed by atoms with Gasteiger partial charge in [0.15, 0.2) is 11.5 Å². The summed E-state index contributed by atoms with van der Waals surface area (Å²) < 4.78 is 35.3. The molecular weight excluding hydrogens is 242 g/mol. The van der Waals surface area contributed by atoms with Crippen LogP contribution in [0.5, 0.6) is 11.5 Å². The SMILES string of the molecule is CN(Cc1cc2c(cc1N)OCCO2)CC(F)F. The molecule has 1 aliphatic rings. The third kappa shape index (κ3) is 3.01. The van der Waals surface area contributed by atoms with Gasteiger partial charge in [-0.15, -0.1) is 0 Å². The zero-order valence-electron chi connectivity index (χ0n) is 10.2. The highest BCUT2D eigenvalue weighted by molar-refractivity contribution is 5.58. The fourth-order valence-electron chi connectivity index (χ4n) is 1.87. The van der Waals surface area contributed by atoms with Gasteiger partial charge in [-0.2, -0.15) is 0 Å². The first-order valence-corrected chi connectivity index (χ1v) is 5.71. The highest BCUT2D eigenvalue weighted by atomic mass is 19.3. The number of benzene rings is 1. The molecule has 1 aromatic rings. The number of anilines is 1. The summed E-state index contributed by atoms with van der Waals surface area (Å²) in [6.07, 6.45) is -2.35. The molecule has 0 radical (unpaired) electrons. The van der Waals surface area contributed by atoms with Gasteiger partial charge >= 0.3 is 0 Å². The van der Waals surface area contributed by atoms with Crippen LogP contribution in [0.3, 0.4) is 0 Å². The minimum atomic E-state index is -2.35. The predicted molar refractivity (Wildman–Crippen MR) is 64.2 cm³/mol. The maximum absolute atomic E-state index is 12.2. The smallest absolute Gasteiger partial charge is 0.251 e. The molecule has 0 fully saturated rings. The van der Waals surface area contributed by atoms with E-state index in [1.165, 1.54) is 4.90 Å². The summed E-state index contributed by atoms with van der Waals surface area (Å²) >= 11 is 0. The molecule has 0 saturated heterocycles. The van der Waals surface area contributed by atoms with Gasteiger partial charge < -0.3 is 15.2 Å². The second-order valence-corrected chi connectivity index (χ2v) is 4.28. The van der Waals surface area contributed by atoms with Crippen molar-refractivity contribution in [2.24, 2.45) is 0 Å². The van der Waals surface area contributed by atoms with Crippen molar-refractivity contribution in [3.63, 3.8) is 0 Å². The molecule has 0 unspecified atom stereocenters. The average Bonchev–Trinajstić information content (AvgIpc) is 2.29. The van der Waals surface area contributed by atoms with Crippen molar-refractivity contribution in [2.45, 2.75) is 13.0 Å². The van der Waals surface area contributed by atoms with Crippen molar-refractivity contribution in [1.29, 1.82) is 0 Å². The van der Waals surface area contributed by atoms with E-state index in [9.17, 15) is 8.78 Å². The lowest BCUT2D eigenvalue weighted by molar-refractivity contribution is 0.0975. The zero-order valence-corrected chi connectivity index (χ0v) is 10.2. The molecule has 2 rings (SSSR count). The highest BCUT2D eigenvalue weighted by Gasteiger charge is 2.16. The first kappa shape index (κ1) is 12.9. The summed E-state index contributed by atoms with van der Waals surface area (Å²) in [6.45, 7) is 1.06. The Morgan fingerprint density at radius 1 is 1.28 bits per heavy atom. The Hall–Kier alpha value is -1.56. The van der Waals surface area contributed by atoms with Crippen molar-refractivity contribution in [1.82, 2.24) is 4.90 Å². The van der Waals surface area contributed by atoms with Crippen LogP contribution in [0.15, 0.2) is 12.1 Å². The van der Waals surface area contributed by atoms with Gasteiger partial charge in [0.05, 0.1) is 6.54 Å². The lowest BCUT2D eigenvalue weighted by atomic mass is 10.1. The van der Waals surface area contributed by atoms with E-state index in [-0.39, 0.29) is 6.54 Å². The van der Waals surface area contributed by atoms with E-state index in [4.69, 9.17) is 15.2 Å². The molecule has 0 saturated carbocycles. The fraction of sp³-hybridized carbons (Fsp3) is 0.500. The molecule has 4 nitrogen and oxygen atoms in total. The summed E-state index contributed by atoms with van der Waals surface area (Å²) in [5.41, 5.74) is 7.17. The predicted octanol–water partition coefficient (Wildman–Crippen LogP) is 1.74. The number of rotatable bonds is 4. The van der Waals surface area contributed by atoms with Gasteiger partial charge in [0.2, 0.25) is 0 Å². The zero-order chi connectivity index (χ0) is 13.1. The largest absolute Gasteiger partial charge is 0.486 e. The summed E-state index contributed by atoms with van der Waals surface area (Å²) in [7, 11) is 1.63. The van der Waals surface area contributed by atoms with Gasteiger partial charge in [-0.1, -0.05) is 0 Å². The number of fused-ring (bicyclic) bond motifs is 1. The number of nitrogens with two attached hydrogens (primary N) is 1. The maximum atomic E-state index is 12.2. The number of hydrogen-bond donors (Lipinski definition) is 1.